The van der Waals surface area contributed by atoms with Crippen LogP contribution in [0.1, 0.15) is 11.6 Å². The van der Waals surface area contributed by atoms with Crippen molar-refractivity contribution < 1.29 is 14.4 Å². The van der Waals surface area contributed by atoms with Crippen molar-refractivity contribution >= 4 is 46.4 Å². The highest BCUT2D eigenvalue weighted by Crippen LogP contribution is 2.48. The van der Waals surface area contributed by atoms with Crippen LogP contribution in [0, 0.1) is 5.92 Å². The third-order valence-corrected chi connectivity index (χ3v) is 6.03. The minimum absolute atomic E-state index is 0.323. The maximum Gasteiger partial charge on any atom is 0.266 e. The Bertz CT molecular complexity index is 1120. The van der Waals surface area contributed by atoms with E-state index in [1.165, 1.54) is 4.90 Å². The highest BCUT2D eigenvalue weighted by Gasteiger charge is 2.60. The second-order valence-electron chi connectivity index (χ2n) is 7.17. The Labute approximate surface area is 183 Å². The van der Waals surface area contributed by atoms with Gasteiger partial charge >= 0.3 is 0 Å². The maximum atomic E-state index is 13.5. The first-order valence-electron chi connectivity index (χ1n) is 9.45. The summed E-state index contributed by atoms with van der Waals surface area (Å²) in [5, 5.41) is 2.67. The van der Waals surface area contributed by atoms with Crippen LogP contribution in [0.3, 0.4) is 0 Å². The predicted molar refractivity (Wildman–Crippen MR) is 115 cm³/mol. The van der Waals surface area contributed by atoms with Crippen molar-refractivity contribution in [1.29, 1.82) is 0 Å². The predicted octanol–water partition coefficient (Wildman–Crippen LogP) is 5.04. The maximum absolute atomic E-state index is 13.5. The number of anilines is 2. The lowest BCUT2D eigenvalue weighted by atomic mass is 9.90. The highest BCUT2D eigenvalue weighted by atomic mass is 35.5. The normalized spacial score (nSPS) is 23.2. The molecule has 0 bridgehead atoms. The number of carbonyl (C=O) groups excluding carboxylic acids is 2. The van der Waals surface area contributed by atoms with E-state index in [-0.39, 0.29) is 5.91 Å². The first-order valence-corrected chi connectivity index (χ1v) is 10.2. The molecule has 2 aliphatic heterocycles. The molecule has 3 atom stereocenters. The van der Waals surface area contributed by atoms with Crippen LogP contribution in [-0.4, -0.2) is 17.9 Å². The number of para-hydroxylation sites is 1. The quantitative estimate of drug-likeness (QED) is 0.537. The summed E-state index contributed by atoms with van der Waals surface area (Å²) in [5.41, 5.74) is 1.95. The number of imide groups is 1. The molecule has 2 amide bonds. The first kappa shape index (κ1) is 19.1. The van der Waals surface area contributed by atoms with Gasteiger partial charge in [0.15, 0.2) is 6.10 Å². The van der Waals surface area contributed by atoms with Gasteiger partial charge in [0.1, 0.15) is 5.92 Å². The summed E-state index contributed by atoms with van der Waals surface area (Å²) in [6.07, 6.45) is -0.936. The Morgan fingerprint density at radius 3 is 2.10 bits per heavy atom. The van der Waals surface area contributed by atoms with Crippen molar-refractivity contribution in [2.75, 3.05) is 9.96 Å². The van der Waals surface area contributed by atoms with Gasteiger partial charge in [-0.25, -0.2) is 9.96 Å². The summed E-state index contributed by atoms with van der Waals surface area (Å²) >= 11 is 12.5. The molecule has 30 heavy (non-hydrogen) atoms. The van der Waals surface area contributed by atoms with E-state index < -0.39 is 24.0 Å². The molecule has 5 rings (SSSR count). The van der Waals surface area contributed by atoms with E-state index in [2.05, 4.69) is 0 Å². The van der Waals surface area contributed by atoms with Gasteiger partial charge in [-0.3, -0.25) is 14.4 Å². The molecule has 2 saturated heterocycles. The molecule has 7 heteroatoms. The molecule has 0 radical (unpaired) electrons. The number of fused-ring (bicyclic) bond motifs is 1. The van der Waals surface area contributed by atoms with Crippen LogP contribution in [0.25, 0.3) is 0 Å². The standard InChI is InChI=1S/C23H16Cl2N2O3/c24-14-10-12-15(13-11-14)26-22(28)19-20(17-8-4-5-9-18(17)25)27(30-21(19)23(26)29)16-6-2-1-3-7-16/h1-13,19-21H/t19-,20-,21+/m0/s1. The Balaban J connectivity index is 1.60. The number of hydrogen-bond acceptors (Lipinski definition) is 4. The fraction of sp³-hybridized carbons (Fsp3) is 0.130. The highest BCUT2D eigenvalue weighted by molar-refractivity contribution is 6.32. The number of nitrogens with zero attached hydrogens (tertiary/aromatic N) is 2. The zero-order chi connectivity index (χ0) is 20.8. The lowest BCUT2D eigenvalue weighted by molar-refractivity contribution is -0.126. The van der Waals surface area contributed by atoms with Crippen molar-refractivity contribution in [3.05, 3.63) is 94.5 Å². The number of rotatable bonds is 3. The van der Waals surface area contributed by atoms with Gasteiger partial charge in [0.2, 0.25) is 5.91 Å². The Morgan fingerprint density at radius 2 is 1.40 bits per heavy atom. The third-order valence-electron chi connectivity index (χ3n) is 5.43. The molecule has 0 unspecified atom stereocenters. The molecule has 0 saturated carbocycles. The molecule has 0 aliphatic carbocycles. The topological polar surface area (TPSA) is 49.9 Å². The van der Waals surface area contributed by atoms with Gasteiger partial charge in [0.05, 0.1) is 17.4 Å². The molecule has 2 aliphatic rings. The van der Waals surface area contributed by atoms with Crippen LogP contribution >= 0.6 is 23.2 Å². The van der Waals surface area contributed by atoms with Crippen molar-refractivity contribution in [3.8, 4) is 0 Å². The first-order chi connectivity index (χ1) is 14.6. The van der Waals surface area contributed by atoms with Gasteiger partial charge in [-0.1, -0.05) is 59.6 Å². The zero-order valence-corrected chi connectivity index (χ0v) is 17.1. The van der Waals surface area contributed by atoms with Crippen molar-refractivity contribution in [3.63, 3.8) is 0 Å². The van der Waals surface area contributed by atoms with E-state index in [0.29, 0.717) is 15.7 Å². The largest absolute Gasteiger partial charge is 0.273 e. The summed E-state index contributed by atoms with van der Waals surface area (Å²) in [5.74, 6) is -1.45. The SMILES string of the molecule is O=C1[C@@H]2[C@@H](ON(c3ccccc3)[C@H]2c2ccccc2Cl)C(=O)N1c1ccc(Cl)cc1. The summed E-state index contributed by atoms with van der Waals surface area (Å²) in [7, 11) is 0. The summed E-state index contributed by atoms with van der Waals surface area (Å²) < 4.78 is 0. The minimum atomic E-state index is -0.936. The molecule has 150 valence electrons. The number of carbonyl (C=O) groups is 2. The average Bonchev–Trinajstić information content (AvgIpc) is 3.26. The molecule has 3 aromatic rings. The summed E-state index contributed by atoms with van der Waals surface area (Å²) in [6.45, 7) is 0. The summed E-state index contributed by atoms with van der Waals surface area (Å²) in [6, 6.07) is 22.8. The van der Waals surface area contributed by atoms with Crippen LogP contribution in [0.4, 0.5) is 11.4 Å². The van der Waals surface area contributed by atoms with Crippen LogP contribution in [-0.2, 0) is 14.4 Å². The van der Waals surface area contributed by atoms with Gasteiger partial charge in [-0.15, -0.1) is 0 Å². The number of hydroxylamine groups is 1. The van der Waals surface area contributed by atoms with Gasteiger partial charge in [0.25, 0.3) is 5.91 Å². The third kappa shape index (κ3) is 2.98. The fourth-order valence-electron chi connectivity index (χ4n) is 4.09. The van der Waals surface area contributed by atoms with Gasteiger partial charge in [-0.2, -0.15) is 0 Å². The van der Waals surface area contributed by atoms with Crippen LogP contribution in [0.2, 0.25) is 10.0 Å². The second-order valence-corrected chi connectivity index (χ2v) is 8.01. The second kappa shape index (κ2) is 7.43. The smallest absolute Gasteiger partial charge is 0.266 e. The molecule has 5 nitrogen and oxygen atoms in total. The van der Waals surface area contributed by atoms with E-state index in [4.69, 9.17) is 28.0 Å². The van der Waals surface area contributed by atoms with Crippen molar-refractivity contribution in [2.24, 2.45) is 5.92 Å². The van der Waals surface area contributed by atoms with E-state index in [0.717, 1.165) is 11.3 Å². The van der Waals surface area contributed by atoms with E-state index in [9.17, 15) is 9.59 Å². The molecule has 2 heterocycles. The number of benzene rings is 3. The van der Waals surface area contributed by atoms with Crippen molar-refractivity contribution in [2.45, 2.75) is 12.1 Å². The molecular formula is C23H16Cl2N2O3. The zero-order valence-electron chi connectivity index (χ0n) is 15.6. The lowest BCUT2D eigenvalue weighted by Crippen LogP contribution is -2.37. The Morgan fingerprint density at radius 1 is 0.733 bits per heavy atom. The number of amides is 2. The lowest BCUT2D eigenvalue weighted by Gasteiger charge is -2.29. The van der Waals surface area contributed by atoms with E-state index in [1.54, 1.807) is 35.4 Å². The molecule has 0 N–H and O–H groups in total. The van der Waals surface area contributed by atoms with E-state index in [1.807, 2.05) is 48.5 Å². The molecule has 2 fully saturated rings. The minimum Gasteiger partial charge on any atom is -0.273 e. The van der Waals surface area contributed by atoms with Crippen LogP contribution in [0.5, 0.6) is 0 Å². The Hall–Kier alpha value is -2.86. The molecule has 0 spiro atoms. The van der Waals surface area contributed by atoms with Gasteiger partial charge in [0, 0.05) is 10.0 Å². The fourth-order valence-corrected chi connectivity index (χ4v) is 4.46. The van der Waals surface area contributed by atoms with Crippen molar-refractivity contribution in [1.82, 2.24) is 0 Å². The van der Waals surface area contributed by atoms with Gasteiger partial charge < -0.3 is 0 Å². The Kier molecular flexibility index (Phi) is 4.74. The van der Waals surface area contributed by atoms with E-state index >= 15 is 0 Å². The summed E-state index contributed by atoms with van der Waals surface area (Å²) in [4.78, 5) is 34.0. The average molecular weight is 439 g/mol. The van der Waals surface area contributed by atoms with Crippen LogP contribution < -0.4 is 9.96 Å². The molecule has 3 aromatic carbocycles. The molecular weight excluding hydrogens is 423 g/mol. The number of halogens is 2. The monoisotopic (exact) mass is 438 g/mol. The number of hydrogen-bond donors (Lipinski definition) is 0. The van der Waals surface area contributed by atoms with Crippen LogP contribution in [0.15, 0.2) is 78.9 Å². The van der Waals surface area contributed by atoms with Gasteiger partial charge in [-0.05, 0) is 48.0 Å². The molecule has 0 aromatic heterocycles.